The van der Waals surface area contributed by atoms with Gasteiger partial charge in [-0.3, -0.25) is 4.72 Å². The van der Waals surface area contributed by atoms with E-state index < -0.39 is 20.0 Å². The molecule has 0 unspecified atom stereocenters. The molecule has 166 valence electrons. The fourth-order valence-electron chi connectivity index (χ4n) is 2.77. The molecule has 0 bridgehead atoms. The summed E-state index contributed by atoms with van der Waals surface area (Å²) in [6.45, 7) is 3.94. The lowest BCUT2D eigenvalue weighted by Gasteiger charge is -2.23. The lowest BCUT2D eigenvalue weighted by Crippen LogP contribution is -2.23. The van der Waals surface area contributed by atoms with Crippen LogP contribution >= 0.6 is 0 Å². The molecule has 0 atom stereocenters. The molecule has 8 nitrogen and oxygen atoms in total. The molecule has 0 amide bonds. The Balaban J connectivity index is 2.21. The largest absolute Gasteiger partial charge is 0.382 e. The molecule has 30 heavy (non-hydrogen) atoms. The minimum absolute atomic E-state index is 0.0194. The smallest absolute Gasteiger partial charge is 0.261 e. The van der Waals surface area contributed by atoms with E-state index in [-0.39, 0.29) is 9.79 Å². The topological polar surface area (TPSA) is 96.0 Å². The minimum Gasteiger partial charge on any atom is -0.382 e. The molecule has 0 aliphatic carbocycles. The highest BCUT2D eigenvalue weighted by Gasteiger charge is 2.21. The third kappa shape index (κ3) is 5.94. The van der Waals surface area contributed by atoms with E-state index in [1.165, 1.54) is 38.4 Å². The summed E-state index contributed by atoms with van der Waals surface area (Å²) in [4.78, 5) is 1.97. The quantitative estimate of drug-likeness (QED) is 0.523. The summed E-state index contributed by atoms with van der Waals surface area (Å²) >= 11 is 0. The lowest BCUT2D eigenvalue weighted by molar-refractivity contribution is 0.146. The zero-order valence-electron chi connectivity index (χ0n) is 17.7. The van der Waals surface area contributed by atoms with E-state index >= 15 is 0 Å². The summed E-state index contributed by atoms with van der Waals surface area (Å²) in [5.41, 5.74) is 1.19. The van der Waals surface area contributed by atoms with Gasteiger partial charge in [-0.1, -0.05) is 12.1 Å². The Morgan fingerprint density at radius 2 is 1.50 bits per heavy atom. The Labute approximate surface area is 179 Å². The molecule has 0 radical (unpaired) electrons. The fourth-order valence-corrected chi connectivity index (χ4v) is 4.74. The van der Waals surface area contributed by atoms with Crippen molar-refractivity contribution < 1.29 is 21.6 Å². The minimum atomic E-state index is -3.89. The van der Waals surface area contributed by atoms with Crippen LogP contribution in [0.15, 0.2) is 58.3 Å². The monoisotopic (exact) mass is 455 g/mol. The van der Waals surface area contributed by atoms with Crippen LogP contribution in [0.5, 0.6) is 0 Å². The van der Waals surface area contributed by atoms with Crippen molar-refractivity contribution in [1.82, 2.24) is 4.31 Å². The summed E-state index contributed by atoms with van der Waals surface area (Å²) in [6, 6.07) is 12.3. The van der Waals surface area contributed by atoms with Crippen LogP contribution in [0.1, 0.15) is 13.3 Å². The number of nitrogens with zero attached hydrogens (tertiary/aromatic N) is 2. The lowest BCUT2D eigenvalue weighted by atomic mass is 10.2. The highest BCUT2D eigenvalue weighted by Crippen LogP contribution is 2.27. The molecule has 0 aromatic heterocycles. The molecule has 0 spiro atoms. The van der Waals surface area contributed by atoms with E-state index in [0.29, 0.717) is 25.4 Å². The maximum atomic E-state index is 12.9. The van der Waals surface area contributed by atoms with Crippen LogP contribution in [-0.2, 0) is 24.8 Å². The van der Waals surface area contributed by atoms with E-state index in [1.807, 2.05) is 31.0 Å². The molecule has 2 aromatic rings. The SMILES string of the molecule is CCOCCCN(C)c1ccccc1NS(=O)(=O)c1ccc(S(=O)(=O)N(C)C)cc1. The predicted molar refractivity (Wildman–Crippen MR) is 119 cm³/mol. The maximum Gasteiger partial charge on any atom is 0.261 e. The van der Waals surface area contributed by atoms with Crippen LogP contribution < -0.4 is 9.62 Å². The van der Waals surface area contributed by atoms with Gasteiger partial charge in [0.05, 0.1) is 21.2 Å². The molecule has 0 saturated carbocycles. The Morgan fingerprint density at radius 3 is 2.10 bits per heavy atom. The average Bonchev–Trinajstić information content (AvgIpc) is 2.71. The van der Waals surface area contributed by atoms with Gasteiger partial charge in [-0.05, 0) is 49.7 Å². The van der Waals surface area contributed by atoms with E-state index in [2.05, 4.69) is 4.72 Å². The van der Waals surface area contributed by atoms with Gasteiger partial charge in [0.25, 0.3) is 10.0 Å². The van der Waals surface area contributed by atoms with Crippen molar-refractivity contribution in [3.8, 4) is 0 Å². The van der Waals surface area contributed by atoms with Crippen molar-refractivity contribution in [2.45, 2.75) is 23.1 Å². The Kier molecular flexibility index (Phi) is 8.25. The normalized spacial score (nSPS) is 12.2. The zero-order chi connectivity index (χ0) is 22.4. The first kappa shape index (κ1) is 24.1. The van der Waals surface area contributed by atoms with Gasteiger partial charge in [0.1, 0.15) is 0 Å². The predicted octanol–water partition coefficient (Wildman–Crippen LogP) is 2.60. The number of sulfonamides is 2. The zero-order valence-corrected chi connectivity index (χ0v) is 19.3. The van der Waals surface area contributed by atoms with Crippen molar-refractivity contribution in [2.75, 3.05) is 50.5 Å². The van der Waals surface area contributed by atoms with Gasteiger partial charge in [-0.25, -0.2) is 21.1 Å². The second-order valence-corrected chi connectivity index (χ2v) is 10.7. The van der Waals surface area contributed by atoms with Crippen LogP contribution in [0.4, 0.5) is 11.4 Å². The van der Waals surface area contributed by atoms with Crippen molar-refractivity contribution in [3.63, 3.8) is 0 Å². The highest BCUT2D eigenvalue weighted by molar-refractivity contribution is 7.92. The molecule has 0 fully saturated rings. The third-order valence-electron chi connectivity index (χ3n) is 4.46. The first-order valence-electron chi connectivity index (χ1n) is 9.53. The van der Waals surface area contributed by atoms with Gasteiger partial charge in [0.15, 0.2) is 0 Å². The van der Waals surface area contributed by atoms with Gasteiger partial charge in [-0.15, -0.1) is 0 Å². The molecule has 2 aromatic carbocycles. The van der Waals surface area contributed by atoms with Crippen LogP contribution in [0.3, 0.4) is 0 Å². The maximum absolute atomic E-state index is 12.9. The average molecular weight is 456 g/mol. The summed E-state index contributed by atoms with van der Waals surface area (Å²) in [7, 11) is -2.79. The number of hydrogen-bond acceptors (Lipinski definition) is 6. The van der Waals surface area contributed by atoms with Crippen molar-refractivity contribution >= 4 is 31.4 Å². The van der Waals surface area contributed by atoms with E-state index in [1.54, 1.807) is 12.1 Å². The van der Waals surface area contributed by atoms with Gasteiger partial charge >= 0.3 is 0 Å². The highest BCUT2D eigenvalue weighted by atomic mass is 32.2. The molecule has 0 aliphatic heterocycles. The number of para-hydroxylation sites is 2. The number of hydrogen-bond donors (Lipinski definition) is 1. The van der Waals surface area contributed by atoms with Gasteiger partial charge in [0.2, 0.25) is 10.0 Å². The Bertz CT molecular complexity index is 1040. The van der Waals surface area contributed by atoms with E-state index in [9.17, 15) is 16.8 Å². The summed E-state index contributed by atoms with van der Waals surface area (Å²) < 4.78 is 59.1. The van der Waals surface area contributed by atoms with E-state index in [4.69, 9.17) is 4.74 Å². The Morgan fingerprint density at radius 1 is 0.900 bits per heavy atom. The van der Waals surface area contributed by atoms with Crippen LogP contribution in [0.25, 0.3) is 0 Å². The van der Waals surface area contributed by atoms with Crippen LogP contribution in [-0.4, -0.2) is 62.0 Å². The van der Waals surface area contributed by atoms with Gasteiger partial charge in [-0.2, -0.15) is 0 Å². The van der Waals surface area contributed by atoms with Crippen LogP contribution in [0, 0.1) is 0 Å². The van der Waals surface area contributed by atoms with Crippen LogP contribution in [0.2, 0.25) is 0 Å². The molecule has 0 aliphatic rings. The molecular formula is C20H29N3O5S2. The summed E-state index contributed by atoms with van der Waals surface area (Å²) in [5.74, 6) is 0. The number of anilines is 2. The first-order valence-corrected chi connectivity index (χ1v) is 12.4. The van der Waals surface area contributed by atoms with Crippen molar-refractivity contribution in [1.29, 1.82) is 0 Å². The summed E-state index contributed by atoms with van der Waals surface area (Å²) in [5, 5.41) is 0. The number of ether oxygens (including phenoxy) is 1. The second-order valence-electron chi connectivity index (χ2n) is 6.85. The second kappa shape index (κ2) is 10.3. The Hall–Kier alpha value is -2.14. The fraction of sp³-hybridized carbons (Fsp3) is 0.400. The molecule has 0 heterocycles. The number of nitrogens with one attached hydrogen (secondary N) is 1. The molecule has 1 N–H and O–H groups in total. The first-order chi connectivity index (χ1) is 14.1. The number of rotatable bonds is 11. The van der Waals surface area contributed by atoms with Gasteiger partial charge < -0.3 is 9.64 Å². The van der Waals surface area contributed by atoms with Crippen molar-refractivity contribution in [3.05, 3.63) is 48.5 Å². The van der Waals surface area contributed by atoms with Crippen molar-refractivity contribution in [2.24, 2.45) is 0 Å². The van der Waals surface area contributed by atoms with Gasteiger partial charge in [0, 0.05) is 40.9 Å². The number of benzene rings is 2. The molecule has 10 heteroatoms. The standard InChI is InChI=1S/C20H29N3O5S2/c1-5-28-16-8-15-23(4)20-10-7-6-9-19(20)21-29(24,25)17-11-13-18(14-12-17)30(26,27)22(2)3/h6-7,9-14,21H,5,8,15-16H2,1-4H3. The molecule has 0 saturated heterocycles. The van der Waals surface area contributed by atoms with E-state index in [0.717, 1.165) is 16.4 Å². The third-order valence-corrected chi connectivity index (χ3v) is 7.67. The summed E-state index contributed by atoms with van der Waals surface area (Å²) in [6.07, 6.45) is 0.813. The molecule has 2 rings (SSSR count). The molecular weight excluding hydrogens is 426 g/mol.